The summed E-state index contributed by atoms with van der Waals surface area (Å²) in [7, 11) is 3.11. The van der Waals surface area contributed by atoms with Crippen LogP contribution in [-0.2, 0) is 9.53 Å². The maximum atomic E-state index is 12.4. The summed E-state index contributed by atoms with van der Waals surface area (Å²) in [5.41, 5.74) is 1.04. The molecule has 1 atom stereocenters. The lowest BCUT2D eigenvalue weighted by molar-refractivity contribution is -0.144. The number of nitrogens with one attached hydrogen (secondary N) is 2. The molecule has 0 aliphatic heterocycles. The fourth-order valence-electron chi connectivity index (χ4n) is 2.19. The number of methoxy groups -OCH3 is 2. The number of hydrogen-bond acceptors (Lipinski definition) is 6. The Bertz CT molecular complexity index is 729. The molecule has 1 amide bonds. The van der Waals surface area contributed by atoms with Crippen molar-refractivity contribution in [2.24, 2.45) is 0 Å². The maximum absolute atomic E-state index is 12.4. The third kappa shape index (κ3) is 5.14. The van der Waals surface area contributed by atoms with Crippen LogP contribution in [0.15, 0.2) is 48.5 Å². The lowest BCUT2D eigenvalue weighted by Crippen LogP contribution is -2.47. The van der Waals surface area contributed by atoms with Gasteiger partial charge in [0, 0.05) is 11.3 Å². The van der Waals surface area contributed by atoms with Crippen LogP contribution in [0.4, 0.5) is 5.69 Å². The van der Waals surface area contributed by atoms with Crippen LogP contribution in [0.3, 0.4) is 0 Å². The van der Waals surface area contributed by atoms with Gasteiger partial charge in [-0.25, -0.2) is 4.79 Å². The van der Waals surface area contributed by atoms with Crippen molar-refractivity contribution >= 4 is 17.6 Å². The topological polar surface area (TPSA) is 85.9 Å². The summed E-state index contributed by atoms with van der Waals surface area (Å²) >= 11 is 0. The molecule has 0 spiro atoms. The van der Waals surface area contributed by atoms with Gasteiger partial charge < -0.3 is 24.8 Å². The van der Waals surface area contributed by atoms with Crippen LogP contribution < -0.4 is 20.1 Å². The van der Waals surface area contributed by atoms with Crippen molar-refractivity contribution in [3.05, 3.63) is 54.1 Å². The predicted molar refractivity (Wildman–Crippen MR) is 97.5 cm³/mol. The molecule has 0 aromatic heterocycles. The van der Waals surface area contributed by atoms with Crippen LogP contribution >= 0.6 is 0 Å². The first-order chi connectivity index (χ1) is 12.6. The van der Waals surface area contributed by atoms with E-state index in [0.717, 1.165) is 0 Å². The van der Waals surface area contributed by atoms with Gasteiger partial charge in [0.05, 0.1) is 20.8 Å². The van der Waals surface area contributed by atoms with Crippen LogP contribution in [-0.4, -0.2) is 38.9 Å². The highest BCUT2D eigenvalue weighted by Crippen LogP contribution is 2.16. The van der Waals surface area contributed by atoms with Crippen molar-refractivity contribution in [2.45, 2.75) is 13.1 Å². The Morgan fingerprint density at radius 2 is 1.46 bits per heavy atom. The molecule has 7 heteroatoms. The highest BCUT2D eigenvalue weighted by Gasteiger charge is 2.22. The highest BCUT2D eigenvalue weighted by atomic mass is 16.5. The number of rotatable bonds is 8. The molecule has 1 unspecified atom stereocenters. The molecule has 7 nitrogen and oxygen atoms in total. The van der Waals surface area contributed by atoms with Gasteiger partial charge in [0.1, 0.15) is 11.5 Å². The molecule has 2 aromatic carbocycles. The van der Waals surface area contributed by atoms with E-state index in [1.165, 1.54) is 0 Å². The number of hydrogen-bond donors (Lipinski definition) is 2. The van der Waals surface area contributed by atoms with E-state index >= 15 is 0 Å². The fourth-order valence-corrected chi connectivity index (χ4v) is 2.19. The van der Waals surface area contributed by atoms with Gasteiger partial charge in [-0.1, -0.05) is 0 Å². The summed E-state index contributed by atoms with van der Waals surface area (Å²) in [5, 5.41) is 5.59. The minimum absolute atomic E-state index is 0.206. The van der Waals surface area contributed by atoms with E-state index < -0.39 is 18.0 Å². The third-order valence-electron chi connectivity index (χ3n) is 3.55. The van der Waals surface area contributed by atoms with Gasteiger partial charge in [-0.05, 0) is 55.5 Å². The fraction of sp³-hybridized carbons (Fsp3) is 0.263. The molecule has 0 saturated heterocycles. The highest BCUT2D eigenvalue weighted by molar-refractivity contribution is 5.97. The molecule has 2 N–H and O–H groups in total. The monoisotopic (exact) mass is 358 g/mol. The zero-order valence-corrected chi connectivity index (χ0v) is 14.9. The largest absolute Gasteiger partial charge is 0.497 e. The van der Waals surface area contributed by atoms with Crippen molar-refractivity contribution in [3.63, 3.8) is 0 Å². The Balaban J connectivity index is 2.12. The summed E-state index contributed by atoms with van der Waals surface area (Å²) in [5.74, 6) is 0.335. The van der Waals surface area contributed by atoms with Gasteiger partial charge in [0.2, 0.25) is 0 Å². The number of benzene rings is 2. The smallest absolute Gasteiger partial charge is 0.349 e. The minimum atomic E-state index is -1.03. The zero-order chi connectivity index (χ0) is 18.9. The van der Waals surface area contributed by atoms with Crippen LogP contribution in [0.2, 0.25) is 0 Å². The number of ether oxygens (including phenoxy) is 3. The Hall–Kier alpha value is -3.22. The molecule has 2 rings (SSSR count). The summed E-state index contributed by atoms with van der Waals surface area (Å²) in [6.07, 6.45) is -1.03. The SMILES string of the molecule is CCOC(=O)C(NC(=O)c1ccc(OC)cc1)Nc1ccc(OC)cc1. The Labute approximate surface area is 152 Å². The summed E-state index contributed by atoms with van der Waals surface area (Å²) in [4.78, 5) is 24.6. The standard InChI is InChI=1S/C19H22N2O5/c1-4-26-19(23)17(20-14-7-11-16(25-3)12-8-14)21-18(22)13-5-9-15(24-2)10-6-13/h5-12,17,20H,4H2,1-3H3,(H,21,22). The van der Waals surface area contributed by atoms with E-state index in [1.54, 1.807) is 69.7 Å². The molecular weight excluding hydrogens is 336 g/mol. The normalized spacial score (nSPS) is 11.2. The molecule has 0 saturated carbocycles. The Morgan fingerprint density at radius 1 is 0.923 bits per heavy atom. The van der Waals surface area contributed by atoms with E-state index in [0.29, 0.717) is 22.7 Å². The first-order valence-corrected chi connectivity index (χ1v) is 8.09. The van der Waals surface area contributed by atoms with Crippen molar-refractivity contribution in [1.82, 2.24) is 5.32 Å². The molecule has 138 valence electrons. The molecule has 0 radical (unpaired) electrons. The number of anilines is 1. The van der Waals surface area contributed by atoms with Crippen molar-refractivity contribution in [2.75, 3.05) is 26.1 Å². The number of esters is 1. The summed E-state index contributed by atoms with van der Waals surface area (Å²) in [6.45, 7) is 1.91. The number of amides is 1. The summed E-state index contributed by atoms with van der Waals surface area (Å²) in [6, 6.07) is 13.5. The number of carbonyl (C=O) groups is 2. The maximum Gasteiger partial charge on any atom is 0.349 e. The van der Waals surface area contributed by atoms with Crippen LogP contribution in [0.5, 0.6) is 11.5 Å². The predicted octanol–water partition coefficient (Wildman–Crippen LogP) is 2.43. The van der Waals surface area contributed by atoms with E-state index in [4.69, 9.17) is 14.2 Å². The van der Waals surface area contributed by atoms with Gasteiger partial charge in [0.15, 0.2) is 6.17 Å². The Morgan fingerprint density at radius 3 is 1.96 bits per heavy atom. The van der Waals surface area contributed by atoms with Crippen molar-refractivity contribution in [1.29, 1.82) is 0 Å². The molecule has 0 aliphatic rings. The van der Waals surface area contributed by atoms with Gasteiger partial charge in [-0.15, -0.1) is 0 Å². The Kier molecular flexibility index (Phi) is 6.84. The van der Waals surface area contributed by atoms with Gasteiger partial charge in [-0.3, -0.25) is 4.79 Å². The lowest BCUT2D eigenvalue weighted by Gasteiger charge is -2.20. The van der Waals surface area contributed by atoms with Crippen LogP contribution in [0, 0.1) is 0 Å². The summed E-state index contributed by atoms with van der Waals surface area (Å²) < 4.78 is 15.2. The van der Waals surface area contributed by atoms with E-state index in [9.17, 15) is 9.59 Å². The van der Waals surface area contributed by atoms with Crippen LogP contribution in [0.1, 0.15) is 17.3 Å². The first kappa shape index (κ1) is 19.1. The molecule has 2 aromatic rings. The van der Waals surface area contributed by atoms with Gasteiger partial charge >= 0.3 is 5.97 Å². The quantitative estimate of drug-likeness (QED) is 0.557. The van der Waals surface area contributed by atoms with E-state index in [2.05, 4.69) is 10.6 Å². The molecule has 0 aliphatic carbocycles. The molecule has 0 bridgehead atoms. The second-order valence-electron chi connectivity index (χ2n) is 5.26. The van der Waals surface area contributed by atoms with Gasteiger partial charge in [0.25, 0.3) is 5.91 Å². The molecule has 0 heterocycles. The first-order valence-electron chi connectivity index (χ1n) is 8.09. The van der Waals surface area contributed by atoms with E-state index in [-0.39, 0.29) is 6.61 Å². The zero-order valence-electron chi connectivity index (χ0n) is 14.9. The number of carbonyl (C=O) groups excluding carboxylic acids is 2. The minimum Gasteiger partial charge on any atom is -0.497 e. The van der Waals surface area contributed by atoms with Gasteiger partial charge in [-0.2, -0.15) is 0 Å². The third-order valence-corrected chi connectivity index (χ3v) is 3.55. The second-order valence-corrected chi connectivity index (χ2v) is 5.26. The molecule has 26 heavy (non-hydrogen) atoms. The second kappa shape index (κ2) is 9.31. The van der Waals surface area contributed by atoms with Crippen molar-refractivity contribution in [3.8, 4) is 11.5 Å². The average molecular weight is 358 g/mol. The van der Waals surface area contributed by atoms with Crippen LogP contribution in [0.25, 0.3) is 0 Å². The van der Waals surface area contributed by atoms with Crippen molar-refractivity contribution < 1.29 is 23.8 Å². The lowest BCUT2D eigenvalue weighted by atomic mass is 10.2. The molecular formula is C19H22N2O5. The van der Waals surface area contributed by atoms with E-state index in [1.807, 2.05) is 0 Å². The average Bonchev–Trinajstić information content (AvgIpc) is 2.68. The molecule has 0 fully saturated rings.